The van der Waals surface area contributed by atoms with Gasteiger partial charge in [-0.15, -0.1) is 0 Å². The van der Waals surface area contributed by atoms with E-state index in [0.29, 0.717) is 43.6 Å². The van der Waals surface area contributed by atoms with Crippen molar-refractivity contribution in [3.05, 3.63) is 23.5 Å². The molecule has 2 saturated heterocycles. The van der Waals surface area contributed by atoms with E-state index < -0.39 is 0 Å². The van der Waals surface area contributed by atoms with Gasteiger partial charge in [-0.2, -0.15) is 0 Å². The average Bonchev–Trinajstić information content (AvgIpc) is 2.97. The number of nitrogens with zero attached hydrogens (tertiary/aromatic N) is 2. The predicted molar refractivity (Wildman–Crippen MR) is 99.3 cm³/mol. The van der Waals surface area contributed by atoms with Crippen LogP contribution in [0.3, 0.4) is 0 Å². The molecule has 0 radical (unpaired) electrons. The van der Waals surface area contributed by atoms with Gasteiger partial charge >= 0.3 is 0 Å². The fraction of sp³-hybridized carbons (Fsp3) is 0.684. The van der Waals surface area contributed by atoms with E-state index in [0.717, 1.165) is 32.4 Å². The maximum Gasteiger partial charge on any atom is 0.267 e. The molecule has 1 aromatic heterocycles. The van der Waals surface area contributed by atoms with Gasteiger partial charge in [0.15, 0.2) is 0 Å². The van der Waals surface area contributed by atoms with Crippen LogP contribution in [0.1, 0.15) is 54.0 Å². The maximum absolute atomic E-state index is 12.6. The van der Waals surface area contributed by atoms with Crippen molar-refractivity contribution in [1.82, 2.24) is 20.1 Å². The second kappa shape index (κ2) is 8.68. The summed E-state index contributed by atoms with van der Waals surface area (Å²) in [6.07, 6.45) is 4.40. The van der Waals surface area contributed by atoms with Crippen LogP contribution in [0.15, 0.2) is 12.3 Å². The largest absolute Gasteiger partial charge is 0.380 e. The number of piperidine rings is 1. The number of hydrogen-bond acceptors (Lipinski definition) is 4. The Bertz CT molecular complexity index is 612. The lowest BCUT2D eigenvalue weighted by molar-refractivity contribution is 0.0741. The molecule has 2 fully saturated rings. The minimum Gasteiger partial charge on any atom is -0.380 e. The highest BCUT2D eigenvalue weighted by Gasteiger charge is 2.24. The minimum atomic E-state index is -0.133. The van der Waals surface area contributed by atoms with Gasteiger partial charge in [-0.05, 0) is 39.2 Å². The highest BCUT2D eigenvalue weighted by molar-refractivity contribution is 5.99. The lowest BCUT2D eigenvalue weighted by atomic mass is 10.0. The molecule has 0 unspecified atom stereocenters. The molecule has 2 aliphatic rings. The van der Waals surface area contributed by atoms with Gasteiger partial charge in [-0.3, -0.25) is 9.59 Å². The number of ether oxygens (including phenoxy) is 1. The number of aromatic nitrogens is 1. The lowest BCUT2D eigenvalue weighted by Gasteiger charge is -2.34. The van der Waals surface area contributed by atoms with Gasteiger partial charge in [0.05, 0.1) is 12.2 Å². The van der Waals surface area contributed by atoms with Gasteiger partial charge in [0.2, 0.25) is 0 Å². The molecule has 0 aliphatic carbocycles. The first-order valence-electron chi connectivity index (χ1n) is 9.65. The first kappa shape index (κ1) is 18.9. The fourth-order valence-electron chi connectivity index (χ4n) is 3.60. The van der Waals surface area contributed by atoms with Crippen LogP contribution in [0.5, 0.6) is 0 Å². The smallest absolute Gasteiger partial charge is 0.267 e. The number of nitrogens with one attached hydrogen (secondary N) is 2. The third kappa shape index (κ3) is 4.65. The zero-order valence-electron chi connectivity index (χ0n) is 15.8. The Morgan fingerprint density at radius 3 is 2.69 bits per heavy atom. The minimum absolute atomic E-state index is 0.0453. The van der Waals surface area contributed by atoms with Crippen molar-refractivity contribution < 1.29 is 14.3 Å². The van der Waals surface area contributed by atoms with Crippen molar-refractivity contribution in [2.24, 2.45) is 0 Å². The molecule has 2 aliphatic heterocycles. The number of carbonyl (C=O) groups excluding carboxylic acids is 2. The van der Waals surface area contributed by atoms with E-state index in [4.69, 9.17) is 4.74 Å². The highest BCUT2D eigenvalue weighted by atomic mass is 16.5. The Kier molecular flexibility index (Phi) is 6.32. The van der Waals surface area contributed by atoms with E-state index in [9.17, 15) is 9.59 Å². The van der Waals surface area contributed by atoms with Crippen LogP contribution in [0.4, 0.5) is 0 Å². The zero-order chi connectivity index (χ0) is 18.5. The first-order valence-corrected chi connectivity index (χ1v) is 9.65. The normalized spacial score (nSPS) is 20.2. The molecule has 0 spiro atoms. The summed E-state index contributed by atoms with van der Waals surface area (Å²) in [5.74, 6) is -0.178. The van der Waals surface area contributed by atoms with Gasteiger partial charge in [-0.1, -0.05) is 0 Å². The van der Waals surface area contributed by atoms with Crippen LogP contribution >= 0.6 is 0 Å². The summed E-state index contributed by atoms with van der Waals surface area (Å²) in [5.41, 5.74) is 0.984. The summed E-state index contributed by atoms with van der Waals surface area (Å²) in [6, 6.07) is 2.41. The molecule has 3 rings (SSSR count). The van der Waals surface area contributed by atoms with E-state index in [2.05, 4.69) is 29.0 Å². The van der Waals surface area contributed by atoms with Gasteiger partial charge in [0, 0.05) is 51.1 Å². The topological polar surface area (TPSA) is 77.7 Å². The van der Waals surface area contributed by atoms with Crippen LogP contribution in [0, 0.1) is 0 Å². The summed E-state index contributed by atoms with van der Waals surface area (Å²) in [7, 11) is 0. The molecule has 2 amide bonds. The quantitative estimate of drug-likeness (QED) is 0.851. The fourth-order valence-corrected chi connectivity index (χ4v) is 3.60. The van der Waals surface area contributed by atoms with Gasteiger partial charge in [0.25, 0.3) is 11.8 Å². The maximum atomic E-state index is 12.6. The number of carbonyl (C=O) groups is 2. The number of H-pyrrole nitrogens is 1. The lowest BCUT2D eigenvalue weighted by Crippen LogP contribution is -2.46. The Morgan fingerprint density at radius 2 is 1.96 bits per heavy atom. The van der Waals surface area contributed by atoms with E-state index in [1.165, 1.54) is 0 Å². The van der Waals surface area contributed by atoms with E-state index >= 15 is 0 Å². The van der Waals surface area contributed by atoms with E-state index in [-0.39, 0.29) is 17.9 Å². The monoisotopic (exact) mass is 362 g/mol. The van der Waals surface area contributed by atoms with Crippen LogP contribution < -0.4 is 5.32 Å². The predicted octanol–water partition coefficient (Wildman–Crippen LogP) is 1.48. The van der Waals surface area contributed by atoms with Crippen molar-refractivity contribution >= 4 is 11.8 Å². The highest BCUT2D eigenvalue weighted by Crippen LogP contribution is 2.14. The molecular weight excluding hydrogens is 332 g/mol. The zero-order valence-corrected chi connectivity index (χ0v) is 15.8. The molecule has 0 saturated carbocycles. The van der Waals surface area contributed by atoms with E-state index in [1.54, 1.807) is 17.2 Å². The molecule has 144 valence electrons. The van der Waals surface area contributed by atoms with Gasteiger partial charge in [0.1, 0.15) is 5.69 Å². The Balaban J connectivity index is 1.54. The average molecular weight is 362 g/mol. The van der Waals surface area contributed by atoms with Crippen molar-refractivity contribution in [3.63, 3.8) is 0 Å². The molecule has 1 aromatic rings. The Hall–Kier alpha value is -1.86. The summed E-state index contributed by atoms with van der Waals surface area (Å²) >= 11 is 0. The molecule has 7 nitrogen and oxygen atoms in total. The summed E-state index contributed by atoms with van der Waals surface area (Å²) in [4.78, 5) is 32.3. The third-order valence-electron chi connectivity index (χ3n) is 5.28. The van der Waals surface area contributed by atoms with Crippen LogP contribution in [0.2, 0.25) is 0 Å². The number of aromatic amines is 1. The molecule has 26 heavy (non-hydrogen) atoms. The SMILES string of the molecule is CC(C)N1CCC(NC(=O)c2cc(C(=O)N3CCCOCC3)c[nH]2)CC1. The van der Waals surface area contributed by atoms with Crippen LogP contribution in [-0.2, 0) is 4.74 Å². The van der Waals surface area contributed by atoms with Crippen molar-refractivity contribution in [2.45, 2.75) is 45.2 Å². The molecular formula is C19H30N4O3. The van der Waals surface area contributed by atoms with Gasteiger partial charge in [-0.25, -0.2) is 0 Å². The molecule has 2 N–H and O–H groups in total. The van der Waals surface area contributed by atoms with Crippen molar-refractivity contribution in [3.8, 4) is 0 Å². The van der Waals surface area contributed by atoms with Crippen molar-refractivity contribution in [1.29, 1.82) is 0 Å². The first-order chi connectivity index (χ1) is 12.5. The Morgan fingerprint density at radius 1 is 1.19 bits per heavy atom. The van der Waals surface area contributed by atoms with E-state index in [1.807, 2.05) is 0 Å². The molecule has 7 heteroatoms. The number of rotatable bonds is 4. The summed E-state index contributed by atoms with van der Waals surface area (Å²) < 4.78 is 5.39. The second-order valence-electron chi connectivity index (χ2n) is 7.44. The second-order valence-corrected chi connectivity index (χ2v) is 7.44. The molecule has 3 heterocycles. The standard InChI is InChI=1S/C19H30N4O3/c1-14(2)22-7-4-16(5-8-22)21-18(24)17-12-15(13-20-17)19(25)23-6-3-10-26-11-9-23/h12-14,16,20H,3-11H2,1-2H3,(H,21,24). The third-order valence-corrected chi connectivity index (χ3v) is 5.28. The molecule has 0 bridgehead atoms. The van der Waals surface area contributed by atoms with Crippen molar-refractivity contribution in [2.75, 3.05) is 39.4 Å². The number of hydrogen-bond donors (Lipinski definition) is 2. The summed E-state index contributed by atoms with van der Waals surface area (Å²) in [5, 5.41) is 3.09. The van der Waals surface area contributed by atoms with Crippen LogP contribution in [0.25, 0.3) is 0 Å². The van der Waals surface area contributed by atoms with Gasteiger partial charge < -0.3 is 24.8 Å². The Labute approximate surface area is 155 Å². The van der Waals surface area contributed by atoms with Crippen LogP contribution in [-0.4, -0.2) is 78.1 Å². The number of likely N-dealkylation sites (tertiary alicyclic amines) is 1. The number of amides is 2. The summed E-state index contributed by atoms with van der Waals surface area (Å²) in [6.45, 7) is 8.97. The molecule has 0 aromatic carbocycles. The molecule has 0 atom stereocenters.